The molecule has 1 atom stereocenters. The summed E-state index contributed by atoms with van der Waals surface area (Å²) in [4.78, 5) is 0. The first-order chi connectivity index (χ1) is 9.69. The van der Waals surface area contributed by atoms with E-state index in [0.29, 0.717) is 0 Å². The van der Waals surface area contributed by atoms with Gasteiger partial charge in [-0.25, -0.2) is 4.39 Å². The van der Waals surface area contributed by atoms with Crippen LogP contribution in [0.4, 0.5) is 4.39 Å². The number of hydrogen-bond acceptors (Lipinski definition) is 2. The van der Waals surface area contributed by atoms with Crippen LogP contribution >= 0.6 is 0 Å². The third-order valence-corrected chi connectivity index (χ3v) is 3.39. The summed E-state index contributed by atoms with van der Waals surface area (Å²) in [6.07, 6.45) is 6.98. The Kier molecular flexibility index (Phi) is 5.30. The molecular weight excluding hydrogens is 253 g/mol. The van der Waals surface area contributed by atoms with Crippen LogP contribution in [0.2, 0.25) is 0 Å². The standard InChI is InChI=1S/C16H22FN3/c1-3-10-18-16(14-5-7-15(17)8-6-14)9-4-13-11-19-20(2)12-13/h5-8,11-12,16,18H,3-4,9-10H2,1-2H3. The number of aromatic nitrogens is 2. The predicted octanol–water partition coefficient (Wildman–Crippen LogP) is 3.23. The molecule has 0 spiro atoms. The van der Waals surface area contributed by atoms with Crippen LogP contribution in [0.15, 0.2) is 36.7 Å². The van der Waals surface area contributed by atoms with Crippen LogP contribution < -0.4 is 5.32 Å². The minimum atomic E-state index is -0.185. The summed E-state index contributed by atoms with van der Waals surface area (Å²) in [6.45, 7) is 3.12. The molecule has 4 heteroatoms. The maximum absolute atomic E-state index is 13.0. The van der Waals surface area contributed by atoms with E-state index in [4.69, 9.17) is 0 Å². The predicted molar refractivity (Wildman–Crippen MR) is 79.0 cm³/mol. The molecule has 0 aliphatic heterocycles. The molecule has 0 saturated heterocycles. The maximum atomic E-state index is 13.0. The van der Waals surface area contributed by atoms with Gasteiger partial charge in [-0.15, -0.1) is 0 Å². The zero-order valence-electron chi connectivity index (χ0n) is 12.1. The van der Waals surface area contributed by atoms with E-state index in [0.717, 1.165) is 31.4 Å². The van der Waals surface area contributed by atoms with Crippen molar-refractivity contribution < 1.29 is 4.39 Å². The molecule has 1 aromatic carbocycles. The Bertz CT molecular complexity index is 519. The molecule has 0 fully saturated rings. The van der Waals surface area contributed by atoms with Crippen molar-refractivity contribution in [1.82, 2.24) is 15.1 Å². The van der Waals surface area contributed by atoms with E-state index in [1.54, 1.807) is 0 Å². The van der Waals surface area contributed by atoms with Crippen molar-refractivity contribution in [2.75, 3.05) is 6.54 Å². The largest absolute Gasteiger partial charge is 0.310 e. The fourth-order valence-corrected chi connectivity index (χ4v) is 2.31. The first kappa shape index (κ1) is 14.7. The smallest absolute Gasteiger partial charge is 0.123 e. The van der Waals surface area contributed by atoms with Gasteiger partial charge < -0.3 is 5.32 Å². The Morgan fingerprint density at radius 1 is 1.30 bits per heavy atom. The van der Waals surface area contributed by atoms with E-state index in [-0.39, 0.29) is 11.9 Å². The Morgan fingerprint density at radius 2 is 2.05 bits per heavy atom. The van der Waals surface area contributed by atoms with Crippen LogP contribution in [-0.4, -0.2) is 16.3 Å². The van der Waals surface area contributed by atoms with Crippen molar-refractivity contribution in [1.29, 1.82) is 0 Å². The lowest BCUT2D eigenvalue weighted by atomic mass is 10.00. The summed E-state index contributed by atoms with van der Waals surface area (Å²) in [7, 11) is 1.93. The van der Waals surface area contributed by atoms with E-state index in [1.807, 2.05) is 36.3 Å². The number of benzene rings is 1. The lowest BCUT2D eigenvalue weighted by Crippen LogP contribution is -2.22. The van der Waals surface area contributed by atoms with Gasteiger partial charge in [-0.2, -0.15) is 5.10 Å². The first-order valence-electron chi connectivity index (χ1n) is 7.15. The van der Waals surface area contributed by atoms with Gasteiger partial charge in [0.1, 0.15) is 5.82 Å². The Hall–Kier alpha value is -1.68. The summed E-state index contributed by atoms with van der Waals surface area (Å²) in [5.74, 6) is -0.185. The second-order valence-corrected chi connectivity index (χ2v) is 5.12. The molecule has 0 amide bonds. The van der Waals surface area contributed by atoms with Gasteiger partial charge in [0.15, 0.2) is 0 Å². The van der Waals surface area contributed by atoms with E-state index in [9.17, 15) is 4.39 Å². The molecule has 108 valence electrons. The Labute approximate surface area is 119 Å². The van der Waals surface area contributed by atoms with E-state index in [2.05, 4.69) is 17.3 Å². The maximum Gasteiger partial charge on any atom is 0.123 e. The molecule has 1 aromatic heterocycles. The van der Waals surface area contributed by atoms with Crippen molar-refractivity contribution in [3.63, 3.8) is 0 Å². The minimum absolute atomic E-state index is 0.185. The average molecular weight is 275 g/mol. The van der Waals surface area contributed by atoms with Gasteiger partial charge in [0, 0.05) is 19.3 Å². The highest BCUT2D eigenvalue weighted by molar-refractivity contribution is 5.20. The highest BCUT2D eigenvalue weighted by Crippen LogP contribution is 2.19. The SMILES string of the molecule is CCCNC(CCc1cnn(C)c1)c1ccc(F)cc1. The van der Waals surface area contributed by atoms with Gasteiger partial charge in [-0.05, 0) is 49.1 Å². The number of nitrogens with one attached hydrogen (secondary N) is 1. The van der Waals surface area contributed by atoms with Crippen LogP contribution in [-0.2, 0) is 13.5 Å². The van der Waals surface area contributed by atoms with Crippen LogP contribution in [0.5, 0.6) is 0 Å². The van der Waals surface area contributed by atoms with Gasteiger partial charge >= 0.3 is 0 Å². The van der Waals surface area contributed by atoms with Gasteiger partial charge in [0.25, 0.3) is 0 Å². The van der Waals surface area contributed by atoms with Crippen molar-refractivity contribution >= 4 is 0 Å². The molecule has 0 aliphatic carbocycles. The van der Waals surface area contributed by atoms with Crippen LogP contribution in [0, 0.1) is 5.82 Å². The highest BCUT2D eigenvalue weighted by Gasteiger charge is 2.11. The van der Waals surface area contributed by atoms with Gasteiger partial charge in [-0.3, -0.25) is 4.68 Å². The molecular formula is C16H22FN3. The first-order valence-corrected chi connectivity index (χ1v) is 7.15. The number of nitrogens with zero attached hydrogens (tertiary/aromatic N) is 2. The molecule has 0 bridgehead atoms. The average Bonchev–Trinajstić information content (AvgIpc) is 2.86. The van der Waals surface area contributed by atoms with E-state index >= 15 is 0 Å². The topological polar surface area (TPSA) is 29.9 Å². The van der Waals surface area contributed by atoms with Gasteiger partial charge in [0.05, 0.1) is 6.20 Å². The Morgan fingerprint density at radius 3 is 2.65 bits per heavy atom. The molecule has 2 aromatic rings. The summed E-state index contributed by atoms with van der Waals surface area (Å²) < 4.78 is 14.8. The van der Waals surface area contributed by atoms with Crippen LogP contribution in [0.3, 0.4) is 0 Å². The molecule has 0 radical (unpaired) electrons. The van der Waals surface area contributed by atoms with Crippen molar-refractivity contribution in [3.05, 3.63) is 53.6 Å². The lowest BCUT2D eigenvalue weighted by Gasteiger charge is -2.18. The monoisotopic (exact) mass is 275 g/mol. The van der Waals surface area contributed by atoms with Crippen molar-refractivity contribution in [2.24, 2.45) is 7.05 Å². The highest BCUT2D eigenvalue weighted by atomic mass is 19.1. The number of rotatable bonds is 7. The molecule has 2 rings (SSSR count). The summed E-state index contributed by atoms with van der Waals surface area (Å²) in [5, 5.41) is 7.72. The molecule has 1 heterocycles. The molecule has 1 N–H and O–H groups in total. The van der Waals surface area contributed by atoms with Crippen molar-refractivity contribution in [3.8, 4) is 0 Å². The summed E-state index contributed by atoms with van der Waals surface area (Å²) in [6, 6.07) is 7.05. The summed E-state index contributed by atoms with van der Waals surface area (Å²) in [5.41, 5.74) is 2.38. The van der Waals surface area contributed by atoms with E-state index in [1.165, 1.54) is 17.7 Å². The molecule has 20 heavy (non-hydrogen) atoms. The quantitative estimate of drug-likeness (QED) is 0.840. The molecule has 1 unspecified atom stereocenters. The zero-order valence-corrected chi connectivity index (χ0v) is 12.1. The number of aryl methyl sites for hydroxylation is 2. The molecule has 3 nitrogen and oxygen atoms in total. The second-order valence-electron chi connectivity index (χ2n) is 5.12. The third kappa shape index (κ3) is 4.17. The molecule has 0 aliphatic rings. The van der Waals surface area contributed by atoms with Crippen molar-refractivity contribution in [2.45, 2.75) is 32.2 Å². The normalized spacial score (nSPS) is 12.6. The fraction of sp³-hybridized carbons (Fsp3) is 0.438. The number of hydrogen-bond donors (Lipinski definition) is 1. The molecule has 0 saturated carbocycles. The second kappa shape index (κ2) is 7.20. The fourth-order valence-electron chi connectivity index (χ4n) is 2.31. The van der Waals surface area contributed by atoms with Crippen LogP contribution in [0.25, 0.3) is 0 Å². The summed E-state index contributed by atoms with van der Waals surface area (Å²) >= 11 is 0. The van der Waals surface area contributed by atoms with Crippen LogP contribution in [0.1, 0.15) is 36.9 Å². The lowest BCUT2D eigenvalue weighted by molar-refractivity contribution is 0.498. The zero-order chi connectivity index (χ0) is 14.4. The van der Waals surface area contributed by atoms with Gasteiger partial charge in [-0.1, -0.05) is 19.1 Å². The third-order valence-electron chi connectivity index (χ3n) is 3.39. The Balaban J connectivity index is 2.01. The van der Waals surface area contributed by atoms with Gasteiger partial charge in [0.2, 0.25) is 0 Å². The number of halogens is 1. The van der Waals surface area contributed by atoms with E-state index < -0.39 is 0 Å². The minimum Gasteiger partial charge on any atom is -0.310 e.